The highest BCUT2D eigenvalue weighted by Gasteiger charge is 2.38. The highest BCUT2D eigenvalue weighted by molar-refractivity contribution is 7.99. The van der Waals surface area contributed by atoms with Crippen LogP contribution in [0.1, 0.15) is 43.9 Å². The Morgan fingerprint density at radius 1 is 1.12 bits per heavy atom. The van der Waals surface area contributed by atoms with Crippen LogP contribution >= 0.6 is 11.8 Å². The molecular weight excluding hydrogens is 420 g/mol. The van der Waals surface area contributed by atoms with E-state index in [2.05, 4.69) is 19.9 Å². The highest BCUT2D eigenvalue weighted by atomic mass is 32.2. The van der Waals surface area contributed by atoms with Gasteiger partial charge in [-0.25, -0.2) is 4.98 Å². The molecule has 1 aromatic heterocycles. The van der Waals surface area contributed by atoms with Crippen LogP contribution in [0.5, 0.6) is 0 Å². The first-order chi connectivity index (χ1) is 15.5. The molecule has 0 saturated carbocycles. The summed E-state index contributed by atoms with van der Waals surface area (Å²) in [5.74, 6) is -0.199. The van der Waals surface area contributed by atoms with Crippen LogP contribution in [-0.2, 0) is 27.9 Å². The second-order valence-corrected chi connectivity index (χ2v) is 9.28. The second kappa shape index (κ2) is 9.33. The summed E-state index contributed by atoms with van der Waals surface area (Å²) in [7, 11) is 0. The molecule has 1 heterocycles. The molecule has 1 unspecified atom stereocenters. The number of aromatic nitrogens is 2. The monoisotopic (exact) mass is 448 g/mol. The van der Waals surface area contributed by atoms with E-state index in [1.54, 1.807) is 11.5 Å². The average molecular weight is 449 g/mol. The van der Waals surface area contributed by atoms with Gasteiger partial charge in [0.15, 0.2) is 5.16 Å². The molecule has 3 aromatic rings. The van der Waals surface area contributed by atoms with Crippen molar-refractivity contribution in [3.05, 3.63) is 81.6 Å². The maximum absolute atomic E-state index is 14.0. The number of rotatable bonds is 7. The van der Waals surface area contributed by atoms with Crippen molar-refractivity contribution in [2.45, 2.75) is 50.7 Å². The van der Waals surface area contributed by atoms with E-state index < -0.39 is 0 Å². The minimum absolute atomic E-state index is 0.0240. The van der Waals surface area contributed by atoms with E-state index in [1.165, 1.54) is 17.3 Å². The van der Waals surface area contributed by atoms with Crippen molar-refractivity contribution < 1.29 is 9.53 Å². The Morgan fingerprint density at radius 3 is 2.56 bits per heavy atom. The number of carbonyl (C=O) groups is 1. The van der Waals surface area contributed by atoms with E-state index in [0.29, 0.717) is 18.3 Å². The SMILES string of the molecule is CCOC(=O)CSc1nc2c(c(=O)n1Cc1ccccc1)C(C)(CC)Cc1ccccc1-2. The van der Waals surface area contributed by atoms with Crippen molar-refractivity contribution in [3.63, 3.8) is 0 Å². The zero-order valence-electron chi connectivity index (χ0n) is 18.8. The third-order valence-corrected chi connectivity index (χ3v) is 7.13. The summed E-state index contributed by atoms with van der Waals surface area (Å²) in [4.78, 5) is 31.0. The molecule has 32 heavy (non-hydrogen) atoms. The van der Waals surface area contributed by atoms with Crippen LogP contribution in [0.25, 0.3) is 11.3 Å². The van der Waals surface area contributed by atoms with Crippen molar-refractivity contribution in [2.24, 2.45) is 0 Å². The fourth-order valence-corrected chi connectivity index (χ4v) is 5.12. The Hall–Kier alpha value is -2.86. The molecule has 1 atom stereocenters. The molecule has 0 saturated heterocycles. The van der Waals surface area contributed by atoms with Gasteiger partial charge in [-0.15, -0.1) is 0 Å². The number of ether oxygens (including phenoxy) is 1. The number of nitrogens with zero attached hydrogens (tertiary/aromatic N) is 2. The van der Waals surface area contributed by atoms with E-state index in [0.717, 1.165) is 35.2 Å². The molecule has 1 aliphatic carbocycles. The molecule has 6 heteroatoms. The summed E-state index contributed by atoms with van der Waals surface area (Å²) in [6.45, 7) is 6.81. The standard InChI is InChI=1S/C26H28N2O3S/c1-4-26(3)15-19-13-9-10-14-20(19)23-22(26)24(30)28(16-18-11-7-6-8-12-18)25(27-23)32-17-21(29)31-5-2/h6-14H,4-5,15-17H2,1-3H3. The quantitative estimate of drug-likeness (QED) is 0.294. The molecule has 5 nitrogen and oxygen atoms in total. The van der Waals surface area contributed by atoms with E-state index in [9.17, 15) is 9.59 Å². The third-order valence-electron chi connectivity index (χ3n) is 6.18. The van der Waals surface area contributed by atoms with Gasteiger partial charge >= 0.3 is 5.97 Å². The van der Waals surface area contributed by atoms with Gasteiger partial charge in [0.1, 0.15) is 0 Å². The molecule has 0 amide bonds. The normalized spacial score (nSPS) is 16.8. The van der Waals surface area contributed by atoms with Crippen molar-refractivity contribution in [1.29, 1.82) is 0 Å². The minimum Gasteiger partial charge on any atom is -0.465 e. The van der Waals surface area contributed by atoms with Crippen LogP contribution < -0.4 is 5.56 Å². The Kier molecular flexibility index (Phi) is 6.51. The van der Waals surface area contributed by atoms with E-state index in [4.69, 9.17) is 9.72 Å². The lowest BCUT2D eigenvalue weighted by Gasteiger charge is -2.35. The zero-order valence-corrected chi connectivity index (χ0v) is 19.6. The Labute approximate surface area is 192 Å². The van der Waals surface area contributed by atoms with Crippen LogP contribution in [0.2, 0.25) is 0 Å². The molecule has 0 N–H and O–H groups in total. The minimum atomic E-state index is -0.311. The lowest BCUT2D eigenvalue weighted by molar-refractivity contribution is -0.139. The van der Waals surface area contributed by atoms with Gasteiger partial charge in [-0.3, -0.25) is 14.2 Å². The fraction of sp³-hybridized carbons (Fsp3) is 0.346. The molecule has 0 aliphatic heterocycles. The van der Waals surface area contributed by atoms with Gasteiger partial charge in [0.25, 0.3) is 5.56 Å². The number of hydrogen-bond donors (Lipinski definition) is 0. The summed E-state index contributed by atoms with van der Waals surface area (Å²) < 4.78 is 6.82. The highest BCUT2D eigenvalue weighted by Crippen LogP contribution is 2.43. The molecular formula is C26H28N2O3S. The zero-order chi connectivity index (χ0) is 22.7. The molecule has 1 aliphatic rings. The number of thioether (sulfide) groups is 1. The van der Waals surface area contributed by atoms with Crippen molar-refractivity contribution >= 4 is 17.7 Å². The molecule has 0 bridgehead atoms. The number of carbonyl (C=O) groups excluding carboxylic acids is 1. The van der Waals surface area contributed by atoms with Gasteiger partial charge in [0, 0.05) is 11.0 Å². The fourth-order valence-electron chi connectivity index (χ4n) is 4.33. The number of hydrogen-bond acceptors (Lipinski definition) is 5. The first kappa shape index (κ1) is 22.3. The molecule has 166 valence electrons. The van der Waals surface area contributed by atoms with Gasteiger partial charge in [-0.1, -0.05) is 80.2 Å². The van der Waals surface area contributed by atoms with Crippen molar-refractivity contribution in [2.75, 3.05) is 12.4 Å². The molecule has 2 aromatic carbocycles. The number of fused-ring (bicyclic) bond motifs is 3. The van der Waals surface area contributed by atoms with Crippen LogP contribution in [-0.4, -0.2) is 27.9 Å². The first-order valence-corrected chi connectivity index (χ1v) is 12.0. The van der Waals surface area contributed by atoms with Gasteiger partial charge in [0.2, 0.25) is 0 Å². The lowest BCUT2D eigenvalue weighted by atomic mass is 9.69. The largest absolute Gasteiger partial charge is 0.465 e. The van der Waals surface area contributed by atoms with Gasteiger partial charge in [-0.2, -0.15) is 0 Å². The Morgan fingerprint density at radius 2 is 1.84 bits per heavy atom. The molecule has 0 fully saturated rings. The summed E-state index contributed by atoms with van der Waals surface area (Å²) >= 11 is 1.26. The van der Waals surface area contributed by atoms with Gasteiger partial charge in [0.05, 0.1) is 30.2 Å². The summed E-state index contributed by atoms with van der Waals surface area (Å²) in [6, 6.07) is 18.1. The maximum Gasteiger partial charge on any atom is 0.316 e. The first-order valence-electron chi connectivity index (χ1n) is 11.0. The number of esters is 1. The second-order valence-electron chi connectivity index (χ2n) is 8.34. The topological polar surface area (TPSA) is 61.2 Å². The van der Waals surface area contributed by atoms with E-state index in [-0.39, 0.29) is 22.7 Å². The third kappa shape index (κ3) is 4.24. The van der Waals surface area contributed by atoms with Crippen LogP contribution in [0.15, 0.2) is 64.5 Å². The predicted octanol–water partition coefficient (Wildman–Crippen LogP) is 4.84. The maximum atomic E-state index is 14.0. The molecule has 0 spiro atoms. The average Bonchev–Trinajstić information content (AvgIpc) is 2.80. The number of benzene rings is 2. The Bertz CT molecular complexity index is 1190. The van der Waals surface area contributed by atoms with Gasteiger partial charge < -0.3 is 4.74 Å². The molecule has 0 radical (unpaired) electrons. The van der Waals surface area contributed by atoms with Crippen molar-refractivity contribution in [1.82, 2.24) is 9.55 Å². The lowest BCUT2D eigenvalue weighted by Crippen LogP contribution is -2.40. The Balaban J connectivity index is 1.90. The van der Waals surface area contributed by atoms with Crippen LogP contribution in [0.4, 0.5) is 0 Å². The van der Waals surface area contributed by atoms with E-state index >= 15 is 0 Å². The van der Waals surface area contributed by atoms with E-state index in [1.807, 2.05) is 48.5 Å². The molecule has 4 rings (SSSR count). The van der Waals surface area contributed by atoms with Gasteiger partial charge in [-0.05, 0) is 30.9 Å². The predicted molar refractivity (Wildman–Crippen MR) is 128 cm³/mol. The van der Waals surface area contributed by atoms with Crippen LogP contribution in [0.3, 0.4) is 0 Å². The summed E-state index contributed by atoms with van der Waals surface area (Å²) in [5, 5.41) is 0.542. The van der Waals surface area contributed by atoms with Crippen molar-refractivity contribution in [3.8, 4) is 11.3 Å². The summed E-state index contributed by atoms with van der Waals surface area (Å²) in [6.07, 6.45) is 1.65. The summed E-state index contributed by atoms with van der Waals surface area (Å²) in [5.41, 5.74) is 4.44. The smallest absolute Gasteiger partial charge is 0.316 e. The van der Waals surface area contributed by atoms with Crippen LogP contribution in [0, 0.1) is 0 Å².